The lowest BCUT2D eigenvalue weighted by Crippen LogP contribution is -2.40. The van der Waals surface area contributed by atoms with E-state index in [1.54, 1.807) is 6.07 Å². The lowest BCUT2D eigenvalue weighted by atomic mass is 9.90. The standard InChI is InChI=1S/C16H23F3N2/c1-2-21(15-8-6-14(20)7-9-15)11-12-4-3-5-13(10-12)16(17,18)19/h3-5,10,14-15H,2,6-9,11,20H2,1H3. The van der Waals surface area contributed by atoms with E-state index in [1.165, 1.54) is 12.1 Å². The molecule has 0 aromatic heterocycles. The first-order chi connectivity index (χ1) is 9.90. The number of nitrogens with zero attached hydrogens (tertiary/aromatic N) is 1. The van der Waals surface area contributed by atoms with E-state index in [0.29, 0.717) is 12.6 Å². The summed E-state index contributed by atoms with van der Waals surface area (Å²) in [5.41, 5.74) is 6.07. The minimum Gasteiger partial charge on any atom is -0.328 e. The fourth-order valence-corrected chi connectivity index (χ4v) is 3.05. The second kappa shape index (κ2) is 6.79. The number of nitrogens with two attached hydrogens (primary N) is 1. The minimum atomic E-state index is -4.27. The van der Waals surface area contributed by atoms with E-state index >= 15 is 0 Å². The summed E-state index contributed by atoms with van der Waals surface area (Å²) in [6.07, 6.45) is -0.194. The van der Waals surface area contributed by atoms with Crippen molar-refractivity contribution >= 4 is 0 Å². The van der Waals surface area contributed by atoms with Crippen molar-refractivity contribution in [1.82, 2.24) is 4.90 Å². The maximum atomic E-state index is 12.8. The first-order valence-corrected chi connectivity index (χ1v) is 7.56. The van der Waals surface area contributed by atoms with Crippen LogP contribution in [0.25, 0.3) is 0 Å². The van der Waals surface area contributed by atoms with Crippen LogP contribution in [0.15, 0.2) is 24.3 Å². The molecule has 0 bridgehead atoms. The van der Waals surface area contributed by atoms with Gasteiger partial charge in [-0.3, -0.25) is 4.90 Å². The lowest BCUT2D eigenvalue weighted by molar-refractivity contribution is -0.137. The summed E-state index contributed by atoms with van der Waals surface area (Å²) in [6, 6.07) is 6.36. The van der Waals surface area contributed by atoms with Gasteiger partial charge in [-0.15, -0.1) is 0 Å². The van der Waals surface area contributed by atoms with E-state index in [-0.39, 0.29) is 6.04 Å². The highest BCUT2D eigenvalue weighted by molar-refractivity contribution is 5.25. The van der Waals surface area contributed by atoms with Crippen LogP contribution in [0.3, 0.4) is 0 Å². The predicted octanol–water partition coefficient (Wildman–Crippen LogP) is 3.80. The van der Waals surface area contributed by atoms with Gasteiger partial charge >= 0.3 is 6.18 Å². The molecule has 118 valence electrons. The van der Waals surface area contributed by atoms with Gasteiger partial charge in [0.1, 0.15) is 0 Å². The molecule has 2 nitrogen and oxygen atoms in total. The summed E-state index contributed by atoms with van der Waals surface area (Å²) in [5, 5.41) is 0. The van der Waals surface area contributed by atoms with Crippen LogP contribution in [-0.2, 0) is 12.7 Å². The zero-order chi connectivity index (χ0) is 15.5. The minimum absolute atomic E-state index is 0.286. The van der Waals surface area contributed by atoms with Gasteiger partial charge in [-0.25, -0.2) is 0 Å². The zero-order valence-corrected chi connectivity index (χ0v) is 12.4. The summed E-state index contributed by atoms with van der Waals surface area (Å²) in [6.45, 7) is 3.47. The zero-order valence-electron chi connectivity index (χ0n) is 12.4. The number of hydrogen-bond donors (Lipinski definition) is 1. The third-order valence-electron chi connectivity index (χ3n) is 4.30. The number of benzene rings is 1. The van der Waals surface area contributed by atoms with E-state index < -0.39 is 11.7 Å². The Morgan fingerprint density at radius 3 is 2.43 bits per heavy atom. The predicted molar refractivity (Wildman–Crippen MR) is 77.8 cm³/mol. The Morgan fingerprint density at radius 1 is 1.19 bits per heavy atom. The van der Waals surface area contributed by atoms with Gasteiger partial charge in [-0.1, -0.05) is 25.1 Å². The second-order valence-corrected chi connectivity index (χ2v) is 5.83. The third-order valence-corrected chi connectivity index (χ3v) is 4.30. The van der Waals surface area contributed by atoms with E-state index in [9.17, 15) is 13.2 Å². The van der Waals surface area contributed by atoms with E-state index in [2.05, 4.69) is 11.8 Å². The van der Waals surface area contributed by atoms with Crippen LogP contribution in [0, 0.1) is 0 Å². The fraction of sp³-hybridized carbons (Fsp3) is 0.625. The molecule has 0 amide bonds. The summed E-state index contributed by atoms with van der Waals surface area (Å²) in [4.78, 5) is 2.27. The van der Waals surface area contributed by atoms with Crippen LogP contribution >= 0.6 is 0 Å². The Balaban J connectivity index is 2.05. The number of halogens is 3. The first-order valence-electron chi connectivity index (χ1n) is 7.56. The van der Waals surface area contributed by atoms with Crippen LogP contribution in [0.2, 0.25) is 0 Å². The third kappa shape index (κ3) is 4.45. The molecule has 1 aliphatic carbocycles. The maximum absolute atomic E-state index is 12.8. The van der Waals surface area contributed by atoms with Crippen molar-refractivity contribution < 1.29 is 13.2 Å². The normalized spacial score (nSPS) is 23.5. The molecule has 1 aromatic rings. The summed E-state index contributed by atoms with van der Waals surface area (Å²) in [7, 11) is 0. The highest BCUT2D eigenvalue weighted by Crippen LogP contribution is 2.30. The van der Waals surface area contributed by atoms with Crippen LogP contribution < -0.4 is 5.73 Å². The van der Waals surface area contributed by atoms with Crippen molar-refractivity contribution in [1.29, 1.82) is 0 Å². The number of alkyl halides is 3. The van der Waals surface area contributed by atoms with Crippen LogP contribution in [0.5, 0.6) is 0 Å². The molecule has 0 heterocycles. The molecule has 0 atom stereocenters. The largest absolute Gasteiger partial charge is 0.416 e. The van der Waals surface area contributed by atoms with E-state index in [4.69, 9.17) is 5.73 Å². The second-order valence-electron chi connectivity index (χ2n) is 5.83. The van der Waals surface area contributed by atoms with Gasteiger partial charge in [-0.05, 0) is 43.9 Å². The van der Waals surface area contributed by atoms with Crippen molar-refractivity contribution in [2.24, 2.45) is 5.73 Å². The van der Waals surface area contributed by atoms with Gasteiger partial charge in [0.05, 0.1) is 5.56 Å². The molecule has 21 heavy (non-hydrogen) atoms. The Hall–Kier alpha value is -1.07. The van der Waals surface area contributed by atoms with Crippen LogP contribution in [0.4, 0.5) is 13.2 Å². The van der Waals surface area contributed by atoms with Gasteiger partial charge < -0.3 is 5.73 Å². The Labute approximate surface area is 124 Å². The Morgan fingerprint density at radius 2 is 1.86 bits per heavy atom. The quantitative estimate of drug-likeness (QED) is 0.916. The Kier molecular flexibility index (Phi) is 5.27. The monoisotopic (exact) mass is 300 g/mol. The lowest BCUT2D eigenvalue weighted by Gasteiger charge is -2.35. The van der Waals surface area contributed by atoms with Crippen molar-refractivity contribution in [3.8, 4) is 0 Å². The fourth-order valence-electron chi connectivity index (χ4n) is 3.05. The van der Waals surface area contributed by atoms with Gasteiger partial charge in [0, 0.05) is 18.6 Å². The number of hydrogen-bond acceptors (Lipinski definition) is 2. The van der Waals surface area contributed by atoms with E-state index in [1.807, 2.05) is 0 Å². The van der Waals surface area contributed by atoms with Gasteiger partial charge in [-0.2, -0.15) is 13.2 Å². The first kappa shape index (κ1) is 16.3. The molecule has 2 rings (SSSR count). The Bertz CT molecular complexity index is 451. The smallest absolute Gasteiger partial charge is 0.328 e. The molecule has 0 radical (unpaired) electrons. The van der Waals surface area contributed by atoms with Crippen molar-refractivity contribution in [2.45, 2.75) is 57.4 Å². The maximum Gasteiger partial charge on any atom is 0.416 e. The average Bonchev–Trinajstić information content (AvgIpc) is 2.45. The summed E-state index contributed by atoms with van der Waals surface area (Å²) < 4.78 is 38.3. The summed E-state index contributed by atoms with van der Waals surface area (Å²) in [5.74, 6) is 0. The molecule has 5 heteroatoms. The topological polar surface area (TPSA) is 29.3 Å². The van der Waals surface area contributed by atoms with Crippen LogP contribution in [0.1, 0.15) is 43.7 Å². The van der Waals surface area contributed by atoms with Crippen molar-refractivity contribution in [3.05, 3.63) is 35.4 Å². The highest BCUT2D eigenvalue weighted by atomic mass is 19.4. The molecular formula is C16H23F3N2. The van der Waals surface area contributed by atoms with Gasteiger partial charge in [0.2, 0.25) is 0 Å². The van der Waals surface area contributed by atoms with Gasteiger partial charge in [0.25, 0.3) is 0 Å². The molecule has 0 unspecified atom stereocenters. The van der Waals surface area contributed by atoms with Crippen LogP contribution in [-0.4, -0.2) is 23.5 Å². The molecule has 0 saturated heterocycles. The molecule has 0 spiro atoms. The van der Waals surface area contributed by atoms with E-state index in [0.717, 1.165) is 43.9 Å². The van der Waals surface area contributed by atoms with Crippen molar-refractivity contribution in [2.75, 3.05) is 6.54 Å². The molecular weight excluding hydrogens is 277 g/mol. The molecule has 1 fully saturated rings. The average molecular weight is 300 g/mol. The van der Waals surface area contributed by atoms with Crippen molar-refractivity contribution in [3.63, 3.8) is 0 Å². The number of rotatable bonds is 4. The van der Waals surface area contributed by atoms with Gasteiger partial charge in [0.15, 0.2) is 0 Å². The highest BCUT2D eigenvalue weighted by Gasteiger charge is 2.30. The molecule has 1 aliphatic rings. The summed E-state index contributed by atoms with van der Waals surface area (Å²) >= 11 is 0. The molecule has 0 aliphatic heterocycles. The molecule has 1 aromatic carbocycles. The SMILES string of the molecule is CCN(Cc1cccc(C(F)(F)F)c1)C1CCC(N)CC1. The molecule has 1 saturated carbocycles. The molecule has 2 N–H and O–H groups in total.